The predicted octanol–water partition coefficient (Wildman–Crippen LogP) is 5.58. The number of carbonyl (C=O) groups is 1. The first-order valence-electron chi connectivity index (χ1n) is 10.0. The fraction of sp³-hybridized carbons (Fsp3) is 0.545. The molecule has 0 heterocycles. The number of benzene rings is 1. The molecule has 5 nitrogen and oxygen atoms in total. The lowest BCUT2D eigenvalue weighted by Crippen LogP contribution is -2.31. The second-order valence-corrected chi connectivity index (χ2v) is 9.35. The number of thioether (sulfide) groups is 1. The molecule has 2 aliphatic rings. The van der Waals surface area contributed by atoms with E-state index < -0.39 is 0 Å². The summed E-state index contributed by atoms with van der Waals surface area (Å²) in [4.78, 5) is 18.2. The number of carbonyl (C=O) groups excluding carboxylic acids is 1. The van der Waals surface area contributed by atoms with Crippen LogP contribution in [0.15, 0.2) is 40.8 Å². The Bertz CT molecular complexity index is 802. The van der Waals surface area contributed by atoms with Gasteiger partial charge in [0.05, 0.1) is 11.3 Å². The SMILES string of the molecule is CCC(=NOCC(C)Oc1ccc(Cl)cc1)C1=C(O)C[C@@H](C2(SC)CC2)CC1=O. The van der Waals surface area contributed by atoms with Gasteiger partial charge in [-0.05, 0) is 62.6 Å². The molecule has 2 aliphatic carbocycles. The average molecular weight is 438 g/mol. The summed E-state index contributed by atoms with van der Waals surface area (Å²) < 4.78 is 5.93. The zero-order chi connectivity index (χ0) is 21.0. The molecular formula is C22H28ClNO4S. The second-order valence-electron chi connectivity index (χ2n) is 7.69. The molecule has 0 aliphatic heterocycles. The van der Waals surface area contributed by atoms with Crippen LogP contribution in [0.5, 0.6) is 5.75 Å². The van der Waals surface area contributed by atoms with E-state index in [2.05, 4.69) is 11.4 Å². The number of halogens is 1. The van der Waals surface area contributed by atoms with Gasteiger partial charge in [-0.25, -0.2) is 0 Å². The lowest BCUT2D eigenvalue weighted by molar-refractivity contribution is -0.116. The van der Waals surface area contributed by atoms with Crippen LogP contribution in [-0.2, 0) is 9.63 Å². The van der Waals surface area contributed by atoms with Crippen molar-refractivity contribution in [3.05, 3.63) is 40.6 Å². The number of aliphatic hydroxyl groups is 1. The van der Waals surface area contributed by atoms with E-state index in [0.29, 0.717) is 41.3 Å². The minimum atomic E-state index is -0.233. The number of rotatable bonds is 9. The molecule has 0 aromatic heterocycles. The number of ketones is 1. The summed E-state index contributed by atoms with van der Waals surface area (Å²) in [5.74, 6) is 1.03. The Morgan fingerprint density at radius 2 is 2.03 bits per heavy atom. The van der Waals surface area contributed by atoms with Crippen LogP contribution >= 0.6 is 23.4 Å². The molecule has 1 fully saturated rings. The van der Waals surface area contributed by atoms with Gasteiger partial charge in [-0.1, -0.05) is 23.7 Å². The quantitative estimate of drug-likeness (QED) is 0.403. The minimum Gasteiger partial charge on any atom is -0.511 e. The van der Waals surface area contributed by atoms with Gasteiger partial charge in [-0.3, -0.25) is 4.79 Å². The molecule has 158 valence electrons. The number of ether oxygens (including phenoxy) is 1. The van der Waals surface area contributed by atoms with Crippen molar-refractivity contribution in [1.29, 1.82) is 0 Å². The standard InChI is InChI=1S/C22H28ClNO4S/c1-4-18(24-27-13-14(2)28-17-7-5-16(23)6-8-17)21-19(25)11-15(12-20(21)26)22(29-3)9-10-22/h5-8,14-15,25H,4,9-13H2,1-3H3/t14?,15-/m1/s1. The zero-order valence-electron chi connectivity index (χ0n) is 17.1. The molecule has 3 rings (SSSR count). The average Bonchev–Trinajstić information content (AvgIpc) is 3.49. The minimum absolute atomic E-state index is 0.0336. The van der Waals surface area contributed by atoms with Gasteiger partial charge in [0.15, 0.2) is 12.4 Å². The number of oxime groups is 1. The number of allylic oxidation sites excluding steroid dienone is 2. The van der Waals surface area contributed by atoms with Crippen LogP contribution in [0.2, 0.25) is 5.02 Å². The first-order valence-corrected chi connectivity index (χ1v) is 11.6. The van der Waals surface area contributed by atoms with E-state index >= 15 is 0 Å². The second kappa shape index (κ2) is 9.43. The van der Waals surface area contributed by atoms with Crippen molar-refractivity contribution in [3.63, 3.8) is 0 Å². The summed E-state index contributed by atoms with van der Waals surface area (Å²) in [7, 11) is 0. The molecule has 1 saturated carbocycles. The van der Waals surface area contributed by atoms with Gasteiger partial charge in [-0.15, -0.1) is 0 Å². The lowest BCUT2D eigenvalue weighted by atomic mass is 9.82. The molecule has 0 radical (unpaired) electrons. The molecule has 0 amide bonds. The van der Waals surface area contributed by atoms with Gasteiger partial charge in [0.25, 0.3) is 0 Å². The van der Waals surface area contributed by atoms with Crippen molar-refractivity contribution in [2.24, 2.45) is 11.1 Å². The van der Waals surface area contributed by atoms with E-state index in [1.54, 1.807) is 24.3 Å². The molecule has 0 spiro atoms. The van der Waals surface area contributed by atoms with E-state index in [4.69, 9.17) is 21.2 Å². The highest BCUT2D eigenvalue weighted by atomic mass is 35.5. The van der Waals surface area contributed by atoms with Crippen LogP contribution in [0, 0.1) is 5.92 Å². The molecular weight excluding hydrogens is 410 g/mol. The largest absolute Gasteiger partial charge is 0.511 e. The molecule has 1 aromatic carbocycles. The third-order valence-electron chi connectivity index (χ3n) is 5.59. The summed E-state index contributed by atoms with van der Waals surface area (Å²) in [6, 6.07) is 7.11. The van der Waals surface area contributed by atoms with Crippen molar-refractivity contribution in [3.8, 4) is 5.75 Å². The normalized spacial score (nSPS) is 22.4. The zero-order valence-corrected chi connectivity index (χ0v) is 18.7. The van der Waals surface area contributed by atoms with Crippen LogP contribution in [0.4, 0.5) is 0 Å². The van der Waals surface area contributed by atoms with Crippen LogP contribution in [0.1, 0.15) is 46.0 Å². The van der Waals surface area contributed by atoms with Crippen LogP contribution in [0.3, 0.4) is 0 Å². The maximum absolute atomic E-state index is 12.8. The highest BCUT2D eigenvalue weighted by Gasteiger charge is 2.51. The maximum Gasteiger partial charge on any atom is 0.168 e. The van der Waals surface area contributed by atoms with E-state index in [-0.39, 0.29) is 34.9 Å². The van der Waals surface area contributed by atoms with Gasteiger partial charge in [0, 0.05) is 22.6 Å². The smallest absolute Gasteiger partial charge is 0.168 e. The van der Waals surface area contributed by atoms with Crippen molar-refractivity contribution in [2.45, 2.75) is 56.8 Å². The van der Waals surface area contributed by atoms with E-state index in [1.165, 1.54) is 0 Å². The molecule has 1 unspecified atom stereocenters. The predicted molar refractivity (Wildman–Crippen MR) is 118 cm³/mol. The number of Topliss-reactive ketones (excluding diaryl/α,β-unsaturated/α-hetero) is 1. The Kier molecular flexibility index (Phi) is 7.17. The summed E-state index contributed by atoms with van der Waals surface area (Å²) in [5, 5.41) is 15.4. The number of hydrogen-bond donors (Lipinski definition) is 1. The third kappa shape index (κ3) is 5.28. The van der Waals surface area contributed by atoms with E-state index in [1.807, 2.05) is 25.6 Å². The highest BCUT2D eigenvalue weighted by molar-refractivity contribution is 8.00. The molecule has 0 saturated heterocycles. The molecule has 1 aromatic rings. The van der Waals surface area contributed by atoms with Crippen molar-refractivity contribution >= 4 is 34.9 Å². The van der Waals surface area contributed by atoms with E-state index in [9.17, 15) is 9.90 Å². The van der Waals surface area contributed by atoms with Crippen LogP contribution < -0.4 is 4.74 Å². The van der Waals surface area contributed by atoms with Gasteiger partial charge in [0.1, 0.15) is 17.6 Å². The molecule has 1 N–H and O–H groups in total. The molecule has 7 heteroatoms. The summed E-state index contributed by atoms with van der Waals surface area (Å²) in [6.07, 6.45) is 5.62. The van der Waals surface area contributed by atoms with Crippen molar-refractivity contribution < 1.29 is 19.5 Å². The molecule has 29 heavy (non-hydrogen) atoms. The Balaban J connectivity index is 1.60. The topological polar surface area (TPSA) is 68.1 Å². The summed E-state index contributed by atoms with van der Waals surface area (Å²) >= 11 is 7.69. The monoisotopic (exact) mass is 437 g/mol. The first-order chi connectivity index (χ1) is 13.9. The molecule has 2 atom stereocenters. The van der Waals surface area contributed by atoms with Gasteiger partial charge < -0.3 is 14.7 Å². The number of aliphatic hydroxyl groups excluding tert-OH is 1. The Hall–Kier alpha value is -1.66. The fourth-order valence-electron chi connectivity index (χ4n) is 3.78. The number of nitrogens with zero attached hydrogens (tertiary/aromatic N) is 1. The van der Waals surface area contributed by atoms with E-state index in [0.717, 1.165) is 12.8 Å². The maximum atomic E-state index is 12.8. The Labute approximate surface area is 181 Å². The van der Waals surface area contributed by atoms with Crippen LogP contribution in [-0.4, -0.2) is 40.3 Å². The molecule has 0 bridgehead atoms. The summed E-state index contributed by atoms with van der Waals surface area (Å²) in [6.45, 7) is 4.01. The van der Waals surface area contributed by atoms with Crippen LogP contribution in [0.25, 0.3) is 0 Å². The Morgan fingerprint density at radius 1 is 1.34 bits per heavy atom. The van der Waals surface area contributed by atoms with Crippen molar-refractivity contribution in [2.75, 3.05) is 12.9 Å². The lowest BCUT2D eigenvalue weighted by Gasteiger charge is -2.29. The third-order valence-corrected chi connectivity index (χ3v) is 7.40. The van der Waals surface area contributed by atoms with Gasteiger partial charge in [0.2, 0.25) is 0 Å². The van der Waals surface area contributed by atoms with Gasteiger partial charge >= 0.3 is 0 Å². The van der Waals surface area contributed by atoms with Crippen molar-refractivity contribution in [1.82, 2.24) is 0 Å². The van der Waals surface area contributed by atoms with Gasteiger partial charge in [-0.2, -0.15) is 11.8 Å². The summed E-state index contributed by atoms with van der Waals surface area (Å²) in [5.41, 5.74) is 0.838. The fourth-order valence-corrected chi connectivity index (χ4v) is 4.92. The highest BCUT2D eigenvalue weighted by Crippen LogP contribution is 2.56. The number of hydrogen-bond acceptors (Lipinski definition) is 6. The first kappa shape index (κ1) is 22.0. The Morgan fingerprint density at radius 3 is 2.59 bits per heavy atom.